The van der Waals surface area contributed by atoms with Gasteiger partial charge in [-0.1, -0.05) is 6.07 Å². The van der Waals surface area contributed by atoms with Crippen LogP contribution in [0.3, 0.4) is 0 Å². The molecular formula is C10H16N2O3S. The Balaban J connectivity index is 3.28. The van der Waals surface area contributed by atoms with Crippen molar-refractivity contribution < 1.29 is 13.5 Å². The normalized spacial score (nSPS) is 13.8. The van der Waals surface area contributed by atoms with E-state index in [0.29, 0.717) is 5.56 Å². The molecule has 1 aromatic rings. The van der Waals surface area contributed by atoms with E-state index in [0.717, 1.165) is 5.56 Å². The lowest BCUT2D eigenvalue weighted by molar-refractivity contribution is 0.186. The Morgan fingerprint density at radius 2 is 2.12 bits per heavy atom. The lowest BCUT2D eigenvalue weighted by Gasteiger charge is -2.13. The minimum atomic E-state index is -3.48. The van der Waals surface area contributed by atoms with Crippen LogP contribution in [-0.4, -0.2) is 27.1 Å². The Kier molecular flexibility index (Phi) is 4.03. The molecule has 0 aliphatic rings. The Bertz CT molecular complexity index is 471. The maximum absolute atomic E-state index is 11.6. The number of aliphatic hydroxyl groups excluding tert-OH is 1. The number of hydrogen-bond donors (Lipinski definition) is 3. The summed E-state index contributed by atoms with van der Waals surface area (Å²) in [5.41, 5.74) is 6.70. The van der Waals surface area contributed by atoms with Gasteiger partial charge in [-0.3, -0.25) is 0 Å². The molecule has 0 fully saturated rings. The van der Waals surface area contributed by atoms with Crippen molar-refractivity contribution in [3.8, 4) is 0 Å². The fraction of sp³-hybridized carbons (Fsp3) is 0.400. The van der Waals surface area contributed by atoms with Crippen LogP contribution in [0.15, 0.2) is 23.1 Å². The number of aryl methyl sites for hydroxylation is 1. The highest BCUT2D eigenvalue weighted by molar-refractivity contribution is 7.89. The Hall–Kier alpha value is -0.950. The molecule has 0 amide bonds. The third kappa shape index (κ3) is 2.59. The molecule has 0 aliphatic heterocycles. The van der Waals surface area contributed by atoms with Gasteiger partial charge in [0.1, 0.15) is 0 Å². The summed E-state index contributed by atoms with van der Waals surface area (Å²) in [4.78, 5) is 0.128. The minimum Gasteiger partial charge on any atom is -0.387 e. The zero-order valence-electron chi connectivity index (χ0n) is 9.27. The zero-order chi connectivity index (χ0) is 12.3. The van der Waals surface area contributed by atoms with Gasteiger partial charge in [-0.25, -0.2) is 13.1 Å². The second-order valence-electron chi connectivity index (χ2n) is 3.48. The molecule has 4 N–H and O–H groups in total. The summed E-state index contributed by atoms with van der Waals surface area (Å²) >= 11 is 0. The standard InChI is InChI=1S/C10H16N2O3S/c1-7-3-4-8(16(14,15)12-2)5-9(7)10(13)6-11/h3-5,10,12-13H,6,11H2,1-2H3. The highest BCUT2D eigenvalue weighted by Gasteiger charge is 2.15. The predicted molar refractivity (Wildman–Crippen MR) is 61.4 cm³/mol. The van der Waals surface area contributed by atoms with E-state index in [1.807, 2.05) is 0 Å². The van der Waals surface area contributed by atoms with Gasteiger partial charge in [-0.15, -0.1) is 0 Å². The van der Waals surface area contributed by atoms with E-state index in [1.165, 1.54) is 19.2 Å². The van der Waals surface area contributed by atoms with Gasteiger partial charge in [0.05, 0.1) is 11.0 Å². The zero-order valence-corrected chi connectivity index (χ0v) is 10.1. The molecule has 0 bridgehead atoms. The average Bonchev–Trinajstić information content (AvgIpc) is 2.28. The van der Waals surface area contributed by atoms with Gasteiger partial charge in [0, 0.05) is 6.54 Å². The van der Waals surface area contributed by atoms with Crippen LogP contribution in [0.1, 0.15) is 17.2 Å². The molecule has 0 spiro atoms. The molecule has 1 atom stereocenters. The summed E-state index contributed by atoms with van der Waals surface area (Å²) < 4.78 is 25.3. The van der Waals surface area contributed by atoms with E-state index in [4.69, 9.17) is 5.73 Å². The van der Waals surface area contributed by atoms with E-state index in [-0.39, 0.29) is 11.4 Å². The predicted octanol–water partition coefficient (Wildman–Crippen LogP) is -0.105. The average molecular weight is 244 g/mol. The van der Waals surface area contributed by atoms with Crippen molar-refractivity contribution in [2.24, 2.45) is 5.73 Å². The van der Waals surface area contributed by atoms with Crippen LogP contribution in [0.4, 0.5) is 0 Å². The molecule has 0 aromatic heterocycles. The molecule has 0 saturated carbocycles. The fourth-order valence-electron chi connectivity index (χ4n) is 1.39. The summed E-state index contributed by atoms with van der Waals surface area (Å²) in [7, 11) is -2.14. The summed E-state index contributed by atoms with van der Waals surface area (Å²) in [5, 5.41) is 9.63. The van der Waals surface area contributed by atoms with Crippen molar-refractivity contribution >= 4 is 10.0 Å². The summed E-state index contributed by atoms with van der Waals surface area (Å²) in [6.07, 6.45) is -0.841. The second kappa shape index (κ2) is 4.92. The second-order valence-corrected chi connectivity index (χ2v) is 5.36. The van der Waals surface area contributed by atoms with Crippen molar-refractivity contribution in [2.75, 3.05) is 13.6 Å². The minimum absolute atomic E-state index is 0.0594. The van der Waals surface area contributed by atoms with Gasteiger partial charge < -0.3 is 10.8 Å². The molecule has 0 radical (unpaired) electrons. The van der Waals surface area contributed by atoms with Crippen LogP contribution in [-0.2, 0) is 10.0 Å². The highest BCUT2D eigenvalue weighted by Crippen LogP contribution is 2.20. The van der Waals surface area contributed by atoms with Crippen LogP contribution in [0.5, 0.6) is 0 Å². The lowest BCUT2D eigenvalue weighted by Crippen LogP contribution is -2.20. The maximum atomic E-state index is 11.6. The van der Waals surface area contributed by atoms with Crippen molar-refractivity contribution in [3.05, 3.63) is 29.3 Å². The Labute approximate surface area is 95.3 Å². The molecule has 1 rings (SSSR count). The molecule has 90 valence electrons. The van der Waals surface area contributed by atoms with Crippen molar-refractivity contribution in [1.29, 1.82) is 0 Å². The quantitative estimate of drug-likeness (QED) is 0.689. The Morgan fingerprint density at radius 1 is 1.50 bits per heavy atom. The van der Waals surface area contributed by atoms with Crippen LogP contribution >= 0.6 is 0 Å². The largest absolute Gasteiger partial charge is 0.387 e. The van der Waals surface area contributed by atoms with Gasteiger partial charge in [-0.2, -0.15) is 0 Å². The van der Waals surface area contributed by atoms with Crippen LogP contribution in [0.2, 0.25) is 0 Å². The Morgan fingerprint density at radius 3 is 2.62 bits per heavy atom. The van der Waals surface area contributed by atoms with Crippen LogP contribution in [0.25, 0.3) is 0 Å². The first-order chi connectivity index (χ1) is 7.42. The smallest absolute Gasteiger partial charge is 0.240 e. The summed E-state index contributed by atoms with van der Waals surface area (Å²) in [6, 6.07) is 4.59. The lowest BCUT2D eigenvalue weighted by atomic mass is 10.0. The van der Waals surface area contributed by atoms with Gasteiger partial charge in [0.25, 0.3) is 0 Å². The number of nitrogens with one attached hydrogen (secondary N) is 1. The molecule has 1 aromatic carbocycles. The number of benzene rings is 1. The third-order valence-corrected chi connectivity index (χ3v) is 3.82. The van der Waals surface area contributed by atoms with Gasteiger partial charge in [-0.05, 0) is 37.2 Å². The molecule has 0 aliphatic carbocycles. The summed E-state index contributed by atoms with van der Waals surface area (Å²) in [6.45, 7) is 1.86. The fourth-order valence-corrected chi connectivity index (χ4v) is 2.15. The maximum Gasteiger partial charge on any atom is 0.240 e. The van der Waals surface area contributed by atoms with Crippen LogP contribution < -0.4 is 10.5 Å². The molecule has 5 nitrogen and oxygen atoms in total. The van der Waals surface area contributed by atoms with E-state index < -0.39 is 16.1 Å². The van der Waals surface area contributed by atoms with E-state index in [9.17, 15) is 13.5 Å². The number of aliphatic hydroxyl groups is 1. The first kappa shape index (κ1) is 13.1. The molecule has 0 saturated heterocycles. The van der Waals surface area contributed by atoms with E-state index in [1.54, 1.807) is 13.0 Å². The first-order valence-electron chi connectivity index (χ1n) is 4.84. The highest BCUT2D eigenvalue weighted by atomic mass is 32.2. The SMILES string of the molecule is CNS(=O)(=O)c1ccc(C)c(C(O)CN)c1. The van der Waals surface area contributed by atoms with Gasteiger partial charge >= 0.3 is 0 Å². The van der Waals surface area contributed by atoms with Crippen molar-refractivity contribution in [1.82, 2.24) is 4.72 Å². The first-order valence-corrected chi connectivity index (χ1v) is 6.33. The van der Waals surface area contributed by atoms with Crippen molar-refractivity contribution in [3.63, 3.8) is 0 Å². The summed E-state index contributed by atoms with van der Waals surface area (Å²) in [5.74, 6) is 0. The van der Waals surface area contributed by atoms with E-state index in [2.05, 4.69) is 4.72 Å². The number of sulfonamides is 1. The van der Waals surface area contributed by atoms with E-state index >= 15 is 0 Å². The third-order valence-electron chi connectivity index (χ3n) is 2.41. The molecular weight excluding hydrogens is 228 g/mol. The number of rotatable bonds is 4. The van der Waals surface area contributed by atoms with Crippen LogP contribution in [0, 0.1) is 6.92 Å². The molecule has 16 heavy (non-hydrogen) atoms. The molecule has 0 heterocycles. The number of hydrogen-bond acceptors (Lipinski definition) is 4. The molecule has 6 heteroatoms. The van der Waals surface area contributed by atoms with Gasteiger partial charge in [0.2, 0.25) is 10.0 Å². The van der Waals surface area contributed by atoms with Crippen molar-refractivity contribution in [2.45, 2.75) is 17.9 Å². The number of nitrogens with two attached hydrogens (primary N) is 1. The molecule has 1 unspecified atom stereocenters. The van der Waals surface area contributed by atoms with Gasteiger partial charge in [0.15, 0.2) is 0 Å². The topological polar surface area (TPSA) is 92.4 Å². The monoisotopic (exact) mass is 244 g/mol.